The molecule has 1 aliphatic rings. The smallest absolute Gasteiger partial charge is 0.186 e. The molecule has 1 aromatic heterocycles. The van der Waals surface area contributed by atoms with E-state index in [2.05, 4.69) is 20.9 Å². The molecule has 6 heteroatoms. The highest BCUT2D eigenvalue weighted by Crippen LogP contribution is 2.27. The van der Waals surface area contributed by atoms with E-state index in [1.807, 2.05) is 24.3 Å². The maximum Gasteiger partial charge on any atom is 0.186 e. The molecule has 114 valence electrons. The standard InChI is InChI=1S/C16H17ClN4S/c17-15-11-19-16(22-15)21-7-1-6-20(8-9-21)12-14-4-2-13(10-18)3-5-14/h2-5,11H,1,6-9,12H2. The summed E-state index contributed by atoms with van der Waals surface area (Å²) in [5, 5.41) is 9.86. The van der Waals surface area contributed by atoms with Gasteiger partial charge in [-0.3, -0.25) is 4.90 Å². The van der Waals surface area contributed by atoms with E-state index in [0.717, 1.165) is 48.6 Å². The lowest BCUT2D eigenvalue weighted by Crippen LogP contribution is -2.30. The SMILES string of the molecule is N#Cc1ccc(CN2CCCN(c3ncc(Cl)s3)CC2)cc1. The number of rotatable bonds is 3. The first-order valence-electron chi connectivity index (χ1n) is 7.32. The van der Waals surface area contributed by atoms with Crippen molar-refractivity contribution < 1.29 is 0 Å². The molecule has 2 aromatic rings. The van der Waals surface area contributed by atoms with Crippen molar-refractivity contribution in [3.63, 3.8) is 0 Å². The van der Waals surface area contributed by atoms with Crippen molar-refractivity contribution in [3.05, 3.63) is 45.9 Å². The molecule has 0 N–H and O–H groups in total. The summed E-state index contributed by atoms with van der Waals surface area (Å²) in [6.45, 7) is 5.01. The Balaban J connectivity index is 1.59. The summed E-state index contributed by atoms with van der Waals surface area (Å²) in [7, 11) is 0. The molecule has 2 heterocycles. The molecule has 0 spiro atoms. The minimum atomic E-state index is 0.714. The number of anilines is 1. The van der Waals surface area contributed by atoms with Gasteiger partial charge < -0.3 is 4.90 Å². The first kappa shape index (κ1) is 15.3. The molecule has 0 bridgehead atoms. The summed E-state index contributed by atoms with van der Waals surface area (Å²) >= 11 is 7.52. The van der Waals surface area contributed by atoms with Gasteiger partial charge in [-0.15, -0.1) is 0 Å². The molecule has 0 unspecified atom stereocenters. The van der Waals surface area contributed by atoms with E-state index in [4.69, 9.17) is 16.9 Å². The highest BCUT2D eigenvalue weighted by atomic mass is 35.5. The van der Waals surface area contributed by atoms with E-state index >= 15 is 0 Å². The van der Waals surface area contributed by atoms with Gasteiger partial charge in [0.05, 0.1) is 17.8 Å². The summed E-state index contributed by atoms with van der Waals surface area (Å²) < 4.78 is 0.744. The third-order valence-corrected chi connectivity index (χ3v) is 4.99. The molecule has 4 nitrogen and oxygen atoms in total. The van der Waals surface area contributed by atoms with Gasteiger partial charge >= 0.3 is 0 Å². The van der Waals surface area contributed by atoms with Crippen LogP contribution in [0.5, 0.6) is 0 Å². The Labute approximate surface area is 139 Å². The van der Waals surface area contributed by atoms with Crippen LogP contribution in [0, 0.1) is 11.3 Å². The topological polar surface area (TPSA) is 43.2 Å². The van der Waals surface area contributed by atoms with Crippen LogP contribution in [-0.2, 0) is 6.54 Å². The molecule has 3 rings (SSSR count). The molecular weight excluding hydrogens is 316 g/mol. The zero-order chi connectivity index (χ0) is 15.4. The van der Waals surface area contributed by atoms with Gasteiger partial charge in [-0.25, -0.2) is 4.98 Å². The Kier molecular flexibility index (Phi) is 4.94. The normalized spacial score (nSPS) is 16.3. The fourth-order valence-corrected chi connectivity index (χ4v) is 3.61. The number of aromatic nitrogens is 1. The van der Waals surface area contributed by atoms with Crippen molar-refractivity contribution in [2.24, 2.45) is 0 Å². The van der Waals surface area contributed by atoms with Gasteiger partial charge in [-0.05, 0) is 24.1 Å². The predicted octanol–water partition coefficient (Wildman–Crippen LogP) is 3.38. The van der Waals surface area contributed by atoms with Crippen LogP contribution in [0.25, 0.3) is 0 Å². The average Bonchev–Trinajstić information content (AvgIpc) is 2.83. The number of hydrogen-bond donors (Lipinski definition) is 0. The van der Waals surface area contributed by atoms with Crippen LogP contribution in [0.1, 0.15) is 17.5 Å². The first-order valence-corrected chi connectivity index (χ1v) is 8.52. The molecule has 22 heavy (non-hydrogen) atoms. The minimum absolute atomic E-state index is 0.714. The zero-order valence-corrected chi connectivity index (χ0v) is 13.8. The van der Waals surface area contributed by atoms with Crippen LogP contribution in [-0.4, -0.2) is 36.1 Å². The second kappa shape index (κ2) is 7.10. The highest BCUT2D eigenvalue weighted by Gasteiger charge is 2.17. The number of benzene rings is 1. The molecule has 1 aromatic carbocycles. The fourth-order valence-electron chi connectivity index (χ4n) is 2.66. The molecule has 0 atom stereocenters. The maximum absolute atomic E-state index is 8.85. The Hall–Kier alpha value is -1.61. The van der Waals surface area contributed by atoms with E-state index in [1.165, 1.54) is 5.56 Å². The number of hydrogen-bond acceptors (Lipinski definition) is 5. The van der Waals surface area contributed by atoms with E-state index < -0.39 is 0 Å². The minimum Gasteiger partial charge on any atom is -0.347 e. The molecule has 1 fully saturated rings. The Morgan fingerprint density at radius 2 is 2.00 bits per heavy atom. The summed E-state index contributed by atoms with van der Waals surface area (Å²) in [5.74, 6) is 0. The number of nitriles is 1. The van der Waals surface area contributed by atoms with Crippen LogP contribution in [0.2, 0.25) is 4.34 Å². The van der Waals surface area contributed by atoms with Gasteiger partial charge in [0.25, 0.3) is 0 Å². The van der Waals surface area contributed by atoms with Crippen LogP contribution >= 0.6 is 22.9 Å². The highest BCUT2D eigenvalue weighted by molar-refractivity contribution is 7.19. The van der Waals surface area contributed by atoms with Gasteiger partial charge in [-0.2, -0.15) is 5.26 Å². The largest absolute Gasteiger partial charge is 0.347 e. The zero-order valence-electron chi connectivity index (χ0n) is 12.2. The van der Waals surface area contributed by atoms with Crippen molar-refractivity contribution in [2.45, 2.75) is 13.0 Å². The van der Waals surface area contributed by atoms with Crippen LogP contribution in [0.15, 0.2) is 30.5 Å². The predicted molar refractivity (Wildman–Crippen MR) is 90.4 cm³/mol. The van der Waals surface area contributed by atoms with E-state index in [-0.39, 0.29) is 0 Å². The van der Waals surface area contributed by atoms with Crippen LogP contribution in [0.3, 0.4) is 0 Å². The van der Waals surface area contributed by atoms with Crippen molar-refractivity contribution >= 4 is 28.1 Å². The number of thiazole rings is 1. The van der Waals surface area contributed by atoms with Crippen LogP contribution in [0.4, 0.5) is 5.13 Å². The van der Waals surface area contributed by atoms with Gasteiger partial charge in [0.1, 0.15) is 4.34 Å². The van der Waals surface area contributed by atoms with Crippen molar-refractivity contribution in [1.29, 1.82) is 5.26 Å². The summed E-state index contributed by atoms with van der Waals surface area (Å²) in [5.41, 5.74) is 1.97. The molecule has 0 aliphatic carbocycles. The van der Waals surface area contributed by atoms with Crippen molar-refractivity contribution in [3.8, 4) is 6.07 Å². The third kappa shape index (κ3) is 3.77. The average molecular weight is 333 g/mol. The van der Waals surface area contributed by atoms with Crippen LogP contribution < -0.4 is 4.90 Å². The fraction of sp³-hybridized carbons (Fsp3) is 0.375. The quantitative estimate of drug-likeness (QED) is 0.864. The Morgan fingerprint density at radius 3 is 2.68 bits per heavy atom. The second-order valence-corrected chi connectivity index (χ2v) is 7.01. The lowest BCUT2D eigenvalue weighted by Gasteiger charge is -2.21. The molecular formula is C16H17ClN4S. The van der Waals surface area contributed by atoms with Gasteiger partial charge in [-0.1, -0.05) is 35.1 Å². The molecule has 0 saturated carbocycles. The number of nitrogens with zero attached hydrogens (tertiary/aromatic N) is 4. The lowest BCUT2D eigenvalue weighted by molar-refractivity contribution is 0.285. The van der Waals surface area contributed by atoms with Gasteiger partial charge in [0, 0.05) is 32.7 Å². The van der Waals surface area contributed by atoms with Gasteiger partial charge in [0.15, 0.2) is 5.13 Å². The monoisotopic (exact) mass is 332 g/mol. The first-order chi connectivity index (χ1) is 10.7. The van der Waals surface area contributed by atoms with E-state index in [0.29, 0.717) is 5.56 Å². The molecule has 0 amide bonds. The molecule has 1 aliphatic heterocycles. The summed E-state index contributed by atoms with van der Waals surface area (Å²) in [6, 6.07) is 10.0. The van der Waals surface area contributed by atoms with E-state index in [9.17, 15) is 0 Å². The maximum atomic E-state index is 8.85. The molecule has 1 saturated heterocycles. The van der Waals surface area contributed by atoms with Crippen molar-refractivity contribution in [1.82, 2.24) is 9.88 Å². The number of halogens is 1. The summed E-state index contributed by atoms with van der Waals surface area (Å²) in [4.78, 5) is 9.14. The van der Waals surface area contributed by atoms with Gasteiger partial charge in [0.2, 0.25) is 0 Å². The van der Waals surface area contributed by atoms with Crippen molar-refractivity contribution in [2.75, 3.05) is 31.1 Å². The molecule has 0 radical (unpaired) electrons. The Morgan fingerprint density at radius 1 is 1.18 bits per heavy atom. The second-order valence-electron chi connectivity index (χ2n) is 5.37. The third-order valence-electron chi connectivity index (χ3n) is 3.81. The Bertz CT molecular complexity index is 662. The summed E-state index contributed by atoms with van der Waals surface area (Å²) in [6.07, 6.45) is 2.84. The van der Waals surface area contributed by atoms with E-state index in [1.54, 1.807) is 17.5 Å². The lowest BCUT2D eigenvalue weighted by atomic mass is 10.1.